The molecule has 27 heavy (non-hydrogen) atoms. The SMILES string of the molecule is CCCCCCCCCCc1cccc2oc(C(N)CCCCN)nc12.Cl. The first-order valence-electron chi connectivity index (χ1n) is 10.6. The lowest BCUT2D eigenvalue weighted by Crippen LogP contribution is -2.11. The topological polar surface area (TPSA) is 78.1 Å². The third kappa shape index (κ3) is 8.20. The molecule has 4 N–H and O–H groups in total. The number of halogens is 1. The minimum atomic E-state index is -0.134. The number of fused-ring (bicyclic) bond motifs is 1. The van der Waals surface area contributed by atoms with Crippen LogP contribution in [0.3, 0.4) is 0 Å². The van der Waals surface area contributed by atoms with E-state index in [-0.39, 0.29) is 18.4 Å². The molecule has 5 heteroatoms. The van der Waals surface area contributed by atoms with Crippen molar-refractivity contribution in [1.82, 2.24) is 4.98 Å². The van der Waals surface area contributed by atoms with Crippen molar-refractivity contribution in [2.24, 2.45) is 11.5 Å². The van der Waals surface area contributed by atoms with Gasteiger partial charge in [-0.2, -0.15) is 0 Å². The molecule has 0 bridgehead atoms. The smallest absolute Gasteiger partial charge is 0.212 e. The molecule has 0 saturated carbocycles. The van der Waals surface area contributed by atoms with Gasteiger partial charge in [-0.25, -0.2) is 4.98 Å². The molecule has 0 aliphatic rings. The van der Waals surface area contributed by atoms with Crippen LogP contribution in [-0.2, 0) is 6.42 Å². The zero-order valence-electron chi connectivity index (χ0n) is 16.9. The molecule has 4 nitrogen and oxygen atoms in total. The fourth-order valence-electron chi connectivity index (χ4n) is 3.46. The number of para-hydroxylation sites is 1. The summed E-state index contributed by atoms with van der Waals surface area (Å²) in [5, 5.41) is 0. The summed E-state index contributed by atoms with van der Waals surface area (Å²) in [5.74, 6) is 0.667. The first-order valence-corrected chi connectivity index (χ1v) is 10.6. The third-order valence-electron chi connectivity index (χ3n) is 5.11. The Labute approximate surface area is 170 Å². The average Bonchev–Trinajstić information content (AvgIpc) is 3.09. The number of unbranched alkanes of at least 4 members (excludes halogenated alkanes) is 8. The van der Waals surface area contributed by atoms with Crippen LogP contribution in [0.2, 0.25) is 0 Å². The Morgan fingerprint density at radius 3 is 2.37 bits per heavy atom. The summed E-state index contributed by atoms with van der Waals surface area (Å²) >= 11 is 0. The van der Waals surface area contributed by atoms with Gasteiger partial charge >= 0.3 is 0 Å². The zero-order valence-corrected chi connectivity index (χ0v) is 17.7. The number of nitrogens with two attached hydrogens (primary N) is 2. The fourth-order valence-corrected chi connectivity index (χ4v) is 3.46. The molecule has 1 atom stereocenters. The molecule has 1 aromatic carbocycles. The van der Waals surface area contributed by atoms with Gasteiger partial charge in [-0.05, 0) is 43.9 Å². The maximum Gasteiger partial charge on any atom is 0.212 e. The highest BCUT2D eigenvalue weighted by molar-refractivity contribution is 5.85. The number of rotatable bonds is 14. The van der Waals surface area contributed by atoms with Crippen molar-refractivity contribution in [2.75, 3.05) is 6.54 Å². The Balaban J connectivity index is 0.00000364. The number of oxazole rings is 1. The first-order chi connectivity index (χ1) is 12.8. The molecular weight excluding hydrogens is 358 g/mol. The molecule has 0 fully saturated rings. The highest BCUT2D eigenvalue weighted by Crippen LogP contribution is 2.25. The minimum Gasteiger partial charge on any atom is -0.439 e. The summed E-state index contributed by atoms with van der Waals surface area (Å²) in [4.78, 5) is 4.72. The molecule has 154 valence electrons. The second kappa shape index (κ2) is 14.0. The number of benzene rings is 1. The van der Waals surface area contributed by atoms with E-state index in [9.17, 15) is 0 Å². The molecule has 2 rings (SSSR count). The number of nitrogens with zero attached hydrogens (tertiary/aromatic N) is 1. The van der Waals surface area contributed by atoms with Gasteiger partial charge in [0, 0.05) is 0 Å². The van der Waals surface area contributed by atoms with E-state index in [0.717, 1.165) is 36.8 Å². The summed E-state index contributed by atoms with van der Waals surface area (Å²) in [6.07, 6.45) is 14.7. The van der Waals surface area contributed by atoms with Gasteiger partial charge in [0.1, 0.15) is 5.52 Å². The number of hydrogen-bond acceptors (Lipinski definition) is 4. The maximum absolute atomic E-state index is 6.24. The van der Waals surface area contributed by atoms with E-state index in [1.807, 2.05) is 6.07 Å². The van der Waals surface area contributed by atoms with Crippen molar-refractivity contribution in [3.63, 3.8) is 0 Å². The van der Waals surface area contributed by atoms with Crippen molar-refractivity contribution in [3.8, 4) is 0 Å². The maximum atomic E-state index is 6.24. The molecule has 0 aliphatic carbocycles. The highest BCUT2D eigenvalue weighted by atomic mass is 35.5. The second-order valence-electron chi connectivity index (χ2n) is 7.43. The van der Waals surface area contributed by atoms with Crippen molar-refractivity contribution >= 4 is 23.5 Å². The number of aryl methyl sites for hydroxylation is 1. The van der Waals surface area contributed by atoms with Crippen LogP contribution in [0.5, 0.6) is 0 Å². The molecule has 1 heterocycles. The van der Waals surface area contributed by atoms with Crippen molar-refractivity contribution in [2.45, 2.75) is 90.0 Å². The van der Waals surface area contributed by atoms with E-state index in [0.29, 0.717) is 12.4 Å². The standard InChI is InChI=1S/C22H37N3O.ClH/c1-2-3-4-5-6-7-8-9-13-18-14-12-16-20-21(18)25-22(26-20)19(24)15-10-11-17-23;/h12,14,16,19H,2-11,13,15,17,23-24H2,1H3;1H. The van der Waals surface area contributed by atoms with Crippen molar-refractivity contribution in [1.29, 1.82) is 0 Å². The van der Waals surface area contributed by atoms with Gasteiger partial charge in [0.2, 0.25) is 5.89 Å². The van der Waals surface area contributed by atoms with Crippen LogP contribution >= 0.6 is 12.4 Å². The van der Waals surface area contributed by atoms with E-state index in [2.05, 4.69) is 19.1 Å². The molecule has 2 aromatic rings. The molecule has 0 saturated heterocycles. The van der Waals surface area contributed by atoms with E-state index in [1.165, 1.54) is 56.9 Å². The molecular formula is C22H38ClN3O. The van der Waals surface area contributed by atoms with Crippen LogP contribution in [-0.4, -0.2) is 11.5 Å². The average molecular weight is 396 g/mol. The summed E-state index contributed by atoms with van der Waals surface area (Å²) < 4.78 is 5.92. The Morgan fingerprint density at radius 2 is 1.67 bits per heavy atom. The first kappa shape index (κ1) is 23.9. The molecule has 1 aromatic heterocycles. The summed E-state index contributed by atoms with van der Waals surface area (Å²) in [7, 11) is 0. The summed E-state index contributed by atoms with van der Waals surface area (Å²) in [6, 6.07) is 6.10. The van der Waals surface area contributed by atoms with Gasteiger partial charge < -0.3 is 15.9 Å². The lowest BCUT2D eigenvalue weighted by Gasteiger charge is -2.05. The zero-order chi connectivity index (χ0) is 18.6. The van der Waals surface area contributed by atoms with Crippen LogP contribution in [0.1, 0.15) is 95.0 Å². The molecule has 0 aliphatic heterocycles. The largest absolute Gasteiger partial charge is 0.439 e. The van der Waals surface area contributed by atoms with E-state index < -0.39 is 0 Å². The van der Waals surface area contributed by atoms with Crippen LogP contribution in [0, 0.1) is 0 Å². The van der Waals surface area contributed by atoms with Crippen LogP contribution in [0.4, 0.5) is 0 Å². The Hall–Kier alpha value is -1.10. The Bertz CT molecular complexity index is 629. The third-order valence-corrected chi connectivity index (χ3v) is 5.11. The lowest BCUT2D eigenvalue weighted by molar-refractivity contribution is 0.448. The number of aromatic nitrogens is 1. The monoisotopic (exact) mass is 395 g/mol. The van der Waals surface area contributed by atoms with E-state index in [4.69, 9.17) is 20.9 Å². The molecule has 0 radical (unpaired) electrons. The fraction of sp³-hybridized carbons (Fsp3) is 0.682. The predicted molar refractivity (Wildman–Crippen MR) is 117 cm³/mol. The van der Waals surface area contributed by atoms with Gasteiger partial charge in [-0.15, -0.1) is 12.4 Å². The summed E-state index contributed by atoms with van der Waals surface area (Å²) in [5.41, 5.74) is 15.0. The van der Waals surface area contributed by atoms with Gasteiger partial charge in [-0.1, -0.05) is 70.4 Å². The normalized spacial score (nSPS) is 12.3. The van der Waals surface area contributed by atoms with E-state index in [1.54, 1.807) is 0 Å². The highest BCUT2D eigenvalue weighted by Gasteiger charge is 2.15. The van der Waals surface area contributed by atoms with Crippen LogP contribution < -0.4 is 11.5 Å². The number of hydrogen-bond donors (Lipinski definition) is 2. The second-order valence-corrected chi connectivity index (χ2v) is 7.43. The molecule has 0 spiro atoms. The van der Waals surface area contributed by atoms with Gasteiger partial charge in [0.25, 0.3) is 0 Å². The van der Waals surface area contributed by atoms with Gasteiger partial charge in [-0.3, -0.25) is 0 Å². The minimum absolute atomic E-state index is 0. The Kier molecular flexibility index (Phi) is 12.4. The van der Waals surface area contributed by atoms with Crippen LogP contribution in [0.15, 0.2) is 22.6 Å². The summed E-state index contributed by atoms with van der Waals surface area (Å²) in [6.45, 7) is 2.98. The van der Waals surface area contributed by atoms with Gasteiger partial charge in [0.15, 0.2) is 5.58 Å². The van der Waals surface area contributed by atoms with Crippen molar-refractivity contribution < 1.29 is 4.42 Å². The Morgan fingerprint density at radius 1 is 0.963 bits per heavy atom. The molecule has 1 unspecified atom stereocenters. The van der Waals surface area contributed by atoms with E-state index >= 15 is 0 Å². The van der Waals surface area contributed by atoms with Crippen LogP contribution in [0.25, 0.3) is 11.1 Å². The lowest BCUT2D eigenvalue weighted by atomic mass is 10.0. The van der Waals surface area contributed by atoms with Gasteiger partial charge in [0.05, 0.1) is 6.04 Å². The van der Waals surface area contributed by atoms with Crippen molar-refractivity contribution in [3.05, 3.63) is 29.7 Å². The quantitative estimate of drug-likeness (QED) is 0.381. The predicted octanol–water partition coefficient (Wildman–Crippen LogP) is 6.06. The molecule has 0 amide bonds.